The Hall–Kier alpha value is -2.81. The van der Waals surface area contributed by atoms with Crippen molar-refractivity contribution in [2.24, 2.45) is 5.92 Å². The Morgan fingerprint density at radius 3 is 2.16 bits per heavy atom. The standard InChI is InChI=1S/C23H29N5O3S/c1-16-6-8-18(9-7-16)24-19(29)20-25-26-21(32-20)23(31)28-14-10-17(11-15-28)22(30)27-12-4-2-3-5-13-27/h6-9,17H,2-5,10-15H2,1H3,(H,24,29). The van der Waals surface area contributed by atoms with Crippen LogP contribution >= 0.6 is 11.3 Å². The summed E-state index contributed by atoms with van der Waals surface area (Å²) in [7, 11) is 0. The van der Waals surface area contributed by atoms with Crippen LogP contribution in [0.3, 0.4) is 0 Å². The van der Waals surface area contributed by atoms with Crippen molar-refractivity contribution in [3.63, 3.8) is 0 Å². The second-order valence-corrected chi connectivity index (χ2v) is 9.52. The fourth-order valence-electron chi connectivity index (χ4n) is 4.24. The maximum absolute atomic E-state index is 12.9. The van der Waals surface area contributed by atoms with Crippen molar-refractivity contribution < 1.29 is 14.4 Å². The first kappa shape index (κ1) is 22.4. The van der Waals surface area contributed by atoms with Gasteiger partial charge in [-0.05, 0) is 44.7 Å². The summed E-state index contributed by atoms with van der Waals surface area (Å²) >= 11 is 0.997. The van der Waals surface area contributed by atoms with Crippen molar-refractivity contribution in [1.29, 1.82) is 0 Å². The summed E-state index contributed by atoms with van der Waals surface area (Å²) < 4.78 is 0. The molecule has 2 aliphatic heterocycles. The third-order valence-corrected chi connectivity index (χ3v) is 7.07. The maximum atomic E-state index is 12.9. The van der Waals surface area contributed by atoms with Crippen LogP contribution in [0.15, 0.2) is 24.3 Å². The number of piperidine rings is 1. The number of anilines is 1. The highest BCUT2D eigenvalue weighted by Crippen LogP contribution is 2.24. The summed E-state index contributed by atoms with van der Waals surface area (Å²) in [6.07, 6.45) is 5.90. The molecule has 0 bridgehead atoms. The Morgan fingerprint density at radius 2 is 1.50 bits per heavy atom. The molecule has 0 spiro atoms. The van der Waals surface area contributed by atoms with Crippen molar-refractivity contribution >= 4 is 34.7 Å². The number of aromatic nitrogens is 2. The molecule has 0 aliphatic carbocycles. The minimum atomic E-state index is -0.382. The molecular formula is C23H29N5O3S. The molecule has 1 aromatic heterocycles. The van der Waals surface area contributed by atoms with E-state index in [2.05, 4.69) is 15.5 Å². The lowest BCUT2D eigenvalue weighted by Gasteiger charge is -2.33. The van der Waals surface area contributed by atoms with Crippen LogP contribution in [0, 0.1) is 12.8 Å². The number of hydrogen-bond donors (Lipinski definition) is 1. The number of nitrogens with zero attached hydrogens (tertiary/aromatic N) is 4. The molecule has 0 radical (unpaired) electrons. The Balaban J connectivity index is 1.30. The average molecular weight is 456 g/mol. The number of amides is 3. The Bertz CT molecular complexity index is 958. The average Bonchev–Trinajstić information content (AvgIpc) is 3.15. The smallest absolute Gasteiger partial charge is 0.286 e. The van der Waals surface area contributed by atoms with Gasteiger partial charge in [0.05, 0.1) is 0 Å². The van der Waals surface area contributed by atoms with Gasteiger partial charge in [-0.1, -0.05) is 41.9 Å². The van der Waals surface area contributed by atoms with Crippen molar-refractivity contribution in [2.45, 2.75) is 45.4 Å². The van der Waals surface area contributed by atoms with E-state index in [1.165, 1.54) is 12.8 Å². The van der Waals surface area contributed by atoms with E-state index in [1.54, 1.807) is 4.90 Å². The number of carbonyl (C=O) groups is 3. The first-order valence-electron chi connectivity index (χ1n) is 11.3. The number of carbonyl (C=O) groups excluding carboxylic acids is 3. The highest BCUT2D eigenvalue weighted by Gasteiger charge is 2.32. The van der Waals surface area contributed by atoms with Crippen LogP contribution in [0.25, 0.3) is 0 Å². The molecule has 2 fully saturated rings. The molecule has 8 nitrogen and oxygen atoms in total. The van der Waals surface area contributed by atoms with Crippen molar-refractivity contribution in [2.75, 3.05) is 31.5 Å². The largest absolute Gasteiger partial charge is 0.342 e. The number of benzene rings is 1. The summed E-state index contributed by atoms with van der Waals surface area (Å²) in [4.78, 5) is 41.9. The first-order chi connectivity index (χ1) is 15.5. The van der Waals surface area contributed by atoms with Crippen molar-refractivity contribution in [3.05, 3.63) is 39.8 Å². The zero-order chi connectivity index (χ0) is 22.5. The topological polar surface area (TPSA) is 95.5 Å². The van der Waals surface area contributed by atoms with Gasteiger partial charge in [0, 0.05) is 37.8 Å². The summed E-state index contributed by atoms with van der Waals surface area (Å²) in [6, 6.07) is 7.45. The monoisotopic (exact) mass is 455 g/mol. The Morgan fingerprint density at radius 1 is 0.875 bits per heavy atom. The van der Waals surface area contributed by atoms with Gasteiger partial charge in [-0.25, -0.2) is 0 Å². The molecular weight excluding hydrogens is 426 g/mol. The second kappa shape index (κ2) is 10.2. The van der Waals surface area contributed by atoms with Crippen LogP contribution in [-0.4, -0.2) is 63.9 Å². The molecule has 2 aromatic rings. The lowest BCUT2D eigenvalue weighted by molar-refractivity contribution is -0.136. The molecule has 0 saturated carbocycles. The fraction of sp³-hybridized carbons (Fsp3) is 0.522. The number of hydrogen-bond acceptors (Lipinski definition) is 6. The first-order valence-corrected chi connectivity index (χ1v) is 12.1. The van der Waals surface area contributed by atoms with Crippen LogP contribution in [0.4, 0.5) is 5.69 Å². The molecule has 32 heavy (non-hydrogen) atoms. The highest BCUT2D eigenvalue weighted by atomic mass is 32.1. The molecule has 4 rings (SSSR count). The molecule has 9 heteroatoms. The van der Waals surface area contributed by atoms with Gasteiger partial charge in [-0.3, -0.25) is 14.4 Å². The molecule has 3 heterocycles. The summed E-state index contributed by atoms with van der Waals surface area (Å²) in [5.41, 5.74) is 1.77. The normalized spacial score (nSPS) is 17.7. The molecule has 3 amide bonds. The van der Waals surface area contributed by atoms with Gasteiger partial charge in [0.1, 0.15) is 0 Å². The Labute approximate surface area is 192 Å². The molecule has 2 aliphatic rings. The third-order valence-electron chi connectivity index (χ3n) is 6.16. The van der Waals surface area contributed by atoms with Gasteiger partial charge in [0.15, 0.2) is 0 Å². The molecule has 0 atom stereocenters. The third kappa shape index (κ3) is 5.32. The second-order valence-electron chi connectivity index (χ2n) is 8.54. The lowest BCUT2D eigenvalue weighted by Crippen LogP contribution is -2.44. The van der Waals surface area contributed by atoms with E-state index >= 15 is 0 Å². The van der Waals surface area contributed by atoms with Crippen LogP contribution in [-0.2, 0) is 4.79 Å². The zero-order valence-electron chi connectivity index (χ0n) is 18.4. The number of aryl methyl sites for hydroxylation is 1. The Kier molecular flexibility index (Phi) is 7.14. The fourth-order valence-corrected chi connectivity index (χ4v) is 4.94. The van der Waals surface area contributed by atoms with Crippen molar-refractivity contribution in [1.82, 2.24) is 20.0 Å². The minimum absolute atomic E-state index is 0.0117. The van der Waals surface area contributed by atoms with E-state index in [0.29, 0.717) is 31.6 Å². The number of nitrogens with one attached hydrogen (secondary N) is 1. The van der Waals surface area contributed by atoms with Crippen LogP contribution in [0.5, 0.6) is 0 Å². The van der Waals surface area contributed by atoms with E-state index in [-0.39, 0.29) is 33.7 Å². The predicted molar refractivity (Wildman–Crippen MR) is 123 cm³/mol. The quantitative estimate of drug-likeness (QED) is 0.763. The molecule has 2 saturated heterocycles. The van der Waals surface area contributed by atoms with E-state index in [0.717, 1.165) is 42.8 Å². The summed E-state index contributed by atoms with van der Waals surface area (Å²) in [5, 5.41) is 11.0. The van der Waals surface area contributed by atoms with E-state index in [9.17, 15) is 14.4 Å². The van der Waals surface area contributed by atoms with Gasteiger partial charge < -0.3 is 15.1 Å². The van der Waals surface area contributed by atoms with E-state index < -0.39 is 0 Å². The van der Waals surface area contributed by atoms with Gasteiger partial charge in [-0.15, -0.1) is 10.2 Å². The minimum Gasteiger partial charge on any atom is -0.342 e. The van der Waals surface area contributed by atoms with Gasteiger partial charge >= 0.3 is 0 Å². The van der Waals surface area contributed by atoms with E-state index in [4.69, 9.17) is 0 Å². The van der Waals surface area contributed by atoms with Gasteiger partial charge in [0.25, 0.3) is 11.8 Å². The predicted octanol–water partition coefficient (Wildman–Crippen LogP) is 3.35. The lowest BCUT2D eigenvalue weighted by atomic mass is 9.95. The zero-order valence-corrected chi connectivity index (χ0v) is 19.2. The number of rotatable bonds is 4. The van der Waals surface area contributed by atoms with Crippen LogP contribution in [0.1, 0.15) is 63.7 Å². The number of likely N-dealkylation sites (tertiary alicyclic amines) is 2. The van der Waals surface area contributed by atoms with Gasteiger partial charge in [0.2, 0.25) is 15.9 Å². The molecule has 0 unspecified atom stereocenters. The molecule has 1 aromatic carbocycles. The highest BCUT2D eigenvalue weighted by molar-refractivity contribution is 7.15. The van der Waals surface area contributed by atoms with Crippen LogP contribution in [0.2, 0.25) is 0 Å². The van der Waals surface area contributed by atoms with Gasteiger partial charge in [-0.2, -0.15) is 0 Å². The summed E-state index contributed by atoms with van der Waals surface area (Å²) in [6.45, 7) is 4.73. The van der Waals surface area contributed by atoms with E-state index in [1.807, 2.05) is 36.1 Å². The molecule has 1 N–H and O–H groups in total. The molecule has 170 valence electrons. The van der Waals surface area contributed by atoms with Crippen molar-refractivity contribution in [3.8, 4) is 0 Å². The SMILES string of the molecule is Cc1ccc(NC(=O)c2nnc(C(=O)N3CCC(C(=O)N4CCCCCC4)CC3)s2)cc1. The maximum Gasteiger partial charge on any atom is 0.286 e. The summed E-state index contributed by atoms with van der Waals surface area (Å²) in [5.74, 6) is -0.378. The van der Waals surface area contributed by atoms with Crippen LogP contribution < -0.4 is 5.32 Å².